The van der Waals surface area contributed by atoms with Crippen LogP contribution in [0, 0.1) is 13.8 Å². The van der Waals surface area contributed by atoms with E-state index in [0.29, 0.717) is 33.7 Å². The van der Waals surface area contributed by atoms with Crippen molar-refractivity contribution in [1.82, 2.24) is 15.1 Å². The minimum atomic E-state index is -0.259. The second-order valence-corrected chi connectivity index (χ2v) is 7.24. The Hall–Kier alpha value is -3.19. The summed E-state index contributed by atoms with van der Waals surface area (Å²) in [5.74, 6) is -0.259. The number of anilines is 1. The van der Waals surface area contributed by atoms with Crippen LogP contribution in [0.25, 0.3) is 22.4 Å². The van der Waals surface area contributed by atoms with E-state index in [-0.39, 0.29) is 5.91 Å². The summed E-state index contributed by atoms with van der Waals surface area (Å²) in [6.45, 7) is 3.82. The summed E-state index contributed by atoms with van der Waals surface area (Å²) in [5.41, 5.74) is 4.77. The SMILES string of the molecule is CSc1ccc(NC(=O)c2cc(-c3ccc(C)cc3)nc3onc(C)c23)cn1. The van der Waals surface area contributed by atoms with E-state index in [2.05, 4.69) is 20.4 Å². The molecule has 3 aromatic heterocycles. The Labute approximate surface area is 166 Å². The first-order valence-electron chi connectivity index (χ1n) is 8.70. The number of hydrogen-bond donors (Lipinski definition) is 1. The van der Waals surface area contributed by atoms with Gasteiger partial charge in [0.15, 0.2) is 0 Å². The lowest BCUT2D eigenvalue weighted by Crippen LogP contribution is -2.13. The molecule has 0 fully saturated rings. The van der Waals surface area contributed by atoms with Gasteiger partial charge in [-0.3, -0.25) is 4.79 Å². The Morgan fingerprint density at radius 3 is 2.57 bits per heavy atom. The van der Waals surface area contributed by atoms with Crippen molar-refractivity contribution >= 4 is 34.5 Å². The number of aromatic nitrogens is 3. The fourth-order valence-corrected chi connectivity index (χ4v) is 3.28. The molecule has 0 radical (unpaired) electrons. The molecule has 4 rings (SSSR count). The van der Waals surface area contributed by atoms with Crippen LogP contribution in [0.2, 0.25) is 0 Å². The standard InChI is InChI=1S/C21H18N4O2S/c1-12-4-6-14(7-5-12)17-10-16(19-13(2)25-27-21(19)24-17)20(26)23-15-8-9-18(28-3)22-11-15/h4-11H,1-3H3,(H,23,26). The van der Waals surface area contributed by atoms with Crippen LogP contribution >= 0.6 is 11.8 Å². The van der Waals surface area contributed by atoms with Gasteiger partial charge in [-0.2, -0.15) is 0 Å². The summed E-state index contributed by atoms with van der Waals surface area (Å²) in [5, 5.41) is 8.39. The predicted octanol–water partition coefficient (Wildman–Crippen LogP) is 4.88. The van der Waals surface area contributed by atoms with Crippen molar-refractivity contribution in [2.24, 2.45) is 0 Å². The number of nitrogens with zero attached hydrogens (tertiary/aromatic N) is 3. The number of carbonyl (C=O) groups excluding carboxylic acids is 1. The fraction of sp³-hybridized carbons (Fsp3) is 0.143. The van der Waals surface area contributed by atoms with Gasteiger partial charge in [0.25, 0.3) is 11.6 Å². The van der Waals surface area contributed by atoms with Gasteiger partial charge in [0.2, 0.25) is 0 Å². The molecule has 1 N–H and O–H groups in total. The topological polar surface area (TPSA) is 80.9 Å². The highest BCUT2D eigenvalue weighted by atomic mass is 32.2. The molecule has 6 nitrogen and oxygen atoms in total. The number of rotatable bonds is 4. The molecule has 0 spiro atoms. The number of hydrogen-bond acceptors (Lipinski definition) is 6. The molecular formula is C21H18N4O2S. The average molecular weight is 390 g/mol. The van der Waals surface area contributed by atoms with Crippen LogP contribution in [-0.2, 0) is 0 Å². The third-order valence-electron chi connectivity index (χ3n) is 4.41. The quantitative estimate of drug-likeness (QED) is 0.500. The summed E-state index contributed by atoms with van der Waals surface area (Å²) in [6.07, 6.45) is 3.60. The molecule has 7 heteroatoms. The third kappa shape index (κ3) is 3.48. The maximum absolute atomic E-state index is 13.0. The van der Waals surface area contributed by atoms with Crippen molar-refractivity contribution in [1.29, 1.82) is 0 Å². The first-order valence-corrected chi connectivity index (χ1v) is 9.93. The van der Waals surface area contributed by atoms with Crippen molar-refractivity contribution in [2.45, 2.75) is 18.9 Å². The van der Waals surface area contributed by atoms with Crippen LogP contribution in [0.1, 0.15) is 21.6 Å². The second-order valence-electron chi connectivity index (χ2n) is 6.41. The second kappa shape index (κ2) is 7.44. The number of pyridine rings is 2. The normalized spacial score (nSPS) is 11.0. The maximum Gasteiger partial charge on any atom is 0.259 e. The lowest BCUT2D eigenvalue weighted by molar-refractivity contribution is 0.102. The minimum absolute atomic E-state index is 0.259. The summed E-state index contributed by atoms with van der Waals surface area (Å²) in [4.78, 5) is 21.9. The molecule has 0 aliphatic carbocycles. The van der Waals surface area contributed by atoms with Crippen molar-refractivity contribution in [3.63, 3.8) is 0 Å². The van der Waals surface area contributed by atoms with Gasteiger partial charge in [-0.05, 0) is 38.3 Å². The molecule has 0 saturated heterocycles. The number of amides is 1. The van der Waals surface area contributed by atoms with Gasteiger partial charge in [-0.15, -0.1) is 11.8 Å². The number of fused-ring (bicyclic) bond motifs is 1. The summed E-state index contributed by atoms with van der Waals surface area (Å²) in [6, 6.07) is 13.4. The Morgan fingerprint density at radius 2 is 1.89 bits per heavy atom. The van der Waals surface area contributed by atoms with Crippen LogP contribution in [-0.4, -0.2) is 27.3 Å². The molecule has 0 atom stereocenters. The minimum Gasteiger partial charge on any atom is -0.335 e. The highest BCUT2D eigenvalue weighted by Gasteiger charge is 2.19. The zero-order valence-electron chi connectivity index (χ0n) is 15.7. The smallest absolute Gasteiger partial charge is 0.259 e. The zero-order chi connectivity index (χ0) is 19.7. The first kappa shape index (κ1) is 18.2. The molecule has 0 bridgehead atoms. The van der Waals surface area contributed by atoms with E-state index in [9.17, 15) is 4.79 Å². The summed E-state index contributed by atoms with van der Waals surface area (Å²) < 4.78 is 5.35. The molecule has 4 aromatic rings. The Morgan fingerprint density at radius 1 is 1.11 bits per heavy atom. The van der Waals surface area contributed by atoms with E-state index < -0.39 is 0 Å². The van der Waals surface area contributed by atoms with Crippen LogP contribution in [0.5, 0.6) is 0 Å². The van der Waals surface area contributed by atoms with Gasteiger partial charge in [0.1, 0.15) is 0 Å². The van der Waals surface area contributed by atoms with E-state index >= 15 is 0 Å². The number of benzene rings is 1. The van der Waals surface area contributed by atoms with Gasteiger partial charge < -0.3 is 9.84 Å². The van der Waals surface area contributed by atoms with Crippen LogP contribution in [0.3, 0.4) is 0 Å². The molecule has 0 saturated carbocycles. The molecule has 140 valence electrons. The number of carbonyl (C=O) groups is 1. The van der Waals surface area contributed by atoms with Gasteiger partial charge in [0.05, 0.1) is 39.2 Å². The van der Waals surface area contributed by atoms with E-state index in [1.807, 2.05) is 49.6 Å². The molecule has 0 aliphatic rings. The fourth-order valence-electron chi connectivity index (χ4n) is 2.92. The Bertz CT molecular complexity index is 1150. The molecule has 3 heterocycles. The molecule has 0 unspecified atom stereocenters. The molecule has 0 aliphatic heterocycles. The number of thioether (sulfide) groups is 1. The van der Waals surface area contributed by atoms with Crippen molar-refractivity contribution in [2.75, 3.05) is 11.6 Å². The summed E-state index contributed by atoms with van der Waals surface area (Å²) in [7, 11) is 0. The van der Waals surface area contributed by atoms with E-state index in [0.717, 1.165) is 16.2 Å². The number of aryl methyl sites for hydroxylation is 2. The Balaban J connectivity index is 1.76. The van der Waals surface area contributed by atoms with E-state index in [1.165, 1.54) is 0 Å². The highest BCUT2D eigenvalue weighted by molar-refractivity contribution is 7.98. The lowest BCUT2D eigenvalue weighted by atomic mass is 10.0. The largest absolute Gasteiger partial charge is 0.335 e. The monoisotopic (exact) mass is 390 g/mol. The average Bonchev–Trinajstić information content (AvgIpc) is 3.09. The lowest BCUT2D eigenvalue weighted by Gasteiger charge is -2.09. The van der Waals surface area contributed by atoms with Gasteiger partial charge in [0, 0.05) is 5.56 Å². The number of nitrogens with one attached hydrogen (secondary N) is 1. The van der Waals surface area contributed by atoms with Crippen LogP contribution in [0.15, 0.2) is 58.2 Å². The molecular weight excluding hydrogens is 372 g/mol. The van der Waals surface area contributed by atoms with Crippen molar-refractivity contribution < 1.29 is 9.32 Å². The van der Waals surface area contributed by atoms with Gasteiger partial charge in [-0.1, -0.05) is 35.0 Å². The Kier molecular flexibility index (Phi) is 4.83. The van der Waals surface area contributed by atoms with Crippen LogP contribution < -0.4 is 5.32 Å². The van der Waals surface area contributed by atoms with E-state index in [1.54, 1.807) is 30.9 Å². The highest BCUT2D eigenvalue weighted by Crippen LogP contribution is 2.28. The zero-order valence-corrected chi connectivity index (χ0v) is 16.5. The maximum atomic E-state index is 13.0. The van der Waals surface area contributed by atoms with Gasteiger partial charge in [-0.25, -0.2) is 9.97 Å². The van der Waals surface area contributed by atoms with E-state index in [4.69, 9.17) is 4.52 Å². The van der Waals surface area contributed by atoms with Crippen LogP contribution in [0.4, 0.5) is 5.69 Å². The van der Waals surface area contributed by atoms with Crippen molar-refractivity contribution in [3.05, 3.63) is 65.5 Å². The molecule has 28 heavy (non-hydrogen) atoms. The predicted molar refractivity (Wildman–Crippen MR) is 111 cm³/mol. The first-order chi connectivity index (χ1) is 13.5. The third-order valence-corrected chi connectivity index (χ3v) is 5.07. The van der Waals surface area contributed by atoms with Gasteiger partial charge >= 0.3 is 0 Å². The van der Waals surface area contributed by atoms with Crippen molar-refractivity contribution in [3.8, 4) is 11.3 Å². The molecule has 1 aromatic carbocycles. The molecule has 1 amide bonds. The summed E-state index contributed by atoms with van der Waals surface area (Å²) >= 11 is 1.55.